The molecule has 8 nitrogen and oxygen atoms in total. The molecule has 0 bridgehead atoms. The Morgan fingerprint density at radius 3 is 2.21 bits per heavy atom. The molecule has 1 aromatic carbocycles. The maximum Gasteiger partial charge on any atom is 0.410 e. The van der Waals surface area contributed by atoms with E-state index in [0.29, 0.717) is 25.9 Å². The van der Waals surface area contributed by atoms with Crippen molar-refractivity contribution in [2.24, 2.45) is 0 Å². The number of hydrogen-bond acceptors (Lipinski definition) is 6. The van der Waals surface area contributed by atoms with Crippen molar-refractivity contribution in [3.63, 3.8) is 0 Å². The van der Waals surface area contributed by atoms with Gasteiger partial charge in [-0.05, 0) is 45.0 Å². The van der Waals surface area contributed by atoms with Gasteiger partial charge in [0.15, 0.2) is 0 Å². The number of carbonyl (C=O) groups is 2. The van der Waals surface area contributed by atoms with Crippen LogP contribution in [0.3, 0.4) is 0 Å². The van der Waals surface area contributed by atoms with E-state index in [9.17, 15) is 9.59 Å². The summed E-state index contributed by atoms with van der Waals surface area (Å²) in [5.41, 5.74) is 0.616. The molecule has 29 heavy (non-hydrogen) atoms. The second kappa shape index (κ2) is 8.90. The molecule has 1 saturated heterocycles. The molecule has 160 valence electrons. The van der Waals surface area contributed by atoms with Crippen LogP contribution in [-0.2, 0) is 14.3 Å². The topological polar surface area (TPSA) is 88.5 Å². The minimum Gasteiger partial charge on any atom is -0.490 e. The number of anilines is 1. The highest BCUT2D eigenvalue weighted by Crippen LogP contribution is 2.29. The van der Waals surface area contributed by atoms with E-state index in [1.807, 2.05) is 45.0 Å². The second-order valence-electron chi connectivity index (χ2n) is 8.49. The number of hydrogen-bond donors (Lipinski definition) is 1. The maximum absolute atomic E-state index is 12.2. The van der Waals surface area contributed by atoms with E-state index in [1.165, 1.54) is 0 Å². The summed E-state index contributed by atoms with van der Waals surface area (Å²) in [7, 11) is 0. The van der Waals surface area contributed by atoms with Crippen molar-refractivity contribution in [1.29, 1.82) is 0 Å². The van der Waals surface area contributed by atoms with E-state index in [4.69, 9.17) is 19.3 Å². The number of rotatable bonds is 6. The zero-order valence-electron chi connectivity index (χ0n) is 17.3. The van der Waals surface area contributed by atoms with Crippen molar-refractivity contribution < 1.29 is 28.9 Å². The molecule has 2 aliphatic rings. The number of carbonyl (C=O) groups excluding carboxylic acids is 1. The van der Waals surface area contributed by atoms with E-state index < -0.39 is 11.6 Å². The van der Waals surface area contributed by atoms with Crippen LogP contribution in [0.5, 0.6) is 5.75 Å². The fraction of sp³-hybridized carbons (Fsp3) is 0.619. The molecule has 0 spiro atoms. The maximum atomic E-state index is 12.2. The highest BCUT2D eigenvalue weighted by atomic mass is 16.6. The zero-order chi connectivity index (χ0) is 21.0. The minimum atomic E-state index is -0.947. The molecule has 0 unspecified atom stereocenters. The highest BCUT2D eigenvalue weighted by Gasteiger charge is 2.32. The van der Waals surface area contributed by atoms with Gasteiger partial charge in [-0.3, -0.25) is 0 Å². The van der Waals surface area contributed by atoms with Gasteiger partial charge in [0.2, 0.25) is 0 Å². The summed E-state index contributed by atoms with van der Waals surface area (Å²) >= 11 is 0. The minimum absolute atomic E-state index is 0.0309. The first-order valence-electron chi connectivity index (χ1n) is 10.0. The van der Waals surface area contributed by atoms with Gasteiger partial charge in [0, 0.05) is 44.7 Å². The quantitative estimate of drug-likeness (QED) is 0.777. The molecule has 1 aliphatic heterocycles. The number of benzene rings is 1. The normalized spacial score (nSPS) is 22.0. The number of piperazine rings is 1. The molecular formula is C21H30N2O6. The summed E-state index contributed by atoms with van der Waals surface area (Å²) in [6.45, 7) is 8.13. The lowest BCUT2D eigenvalue weighted by molar-refractivity contribution is -0.149. The van der Waals surface area contributed by atoms with Crippen molar-refractivity contribution in [3.8, 4) is 5.75 Å². The van der Waals surface area contributed by atoms with Crippen LogP contribution in [0.1, 0.15) is 33.6 Å². The van der Waals surface area contributed by atoms with E-state index in [2.05, 4.69) is 4.90 Å². The van der Waals surface area contributed by atoms with Crippen molar-refractivity contribution in [1.82, 2.24) is 4.90 Å². The largest absolute Gasteiger partial charge is 0.490 e. The van der Waals surface area contributed by atoms with Gasteiger partial charge in [-0.2, -0.15) is 0 Å². The number of carboxylic acids is 1. The van der Waals surface area contributed by atoms with Gasteiger partial charge in [-0.15, -0.1) is 0 Å². The molecular weight excluding hydrogens is 376 g/mol. The fourth-order valence-corrected chi connectivity index (χ4v) is 3.34. The molecule has 1 aromatic rings. The van der Waals surface area contributed by atoms with Crippen molar-refractivity contribution in [2.75, 3.05) is 37.7 Å². The average molecular weight is 406 g/mol. The average Bonchev–Trinajstić information content (AvgIpc) is 2.62. The smallest absolute Gasteiger partial charge is 0.410 e. The SMILES string of the molecule is CC(C)(C)OC(=O)N1CCN(c2ccc(OC3CC(OCC(=O)O)C3)cc2)CC1. The molecule has 0 aromatic heterocycles. The Kier molecular flexibility index (Phi) is 6.52. The number of ether oxygens (including phenoxy) is 3. The molecule has 2 fully saturated rings. The lowest BCUT2D eigenvalue weighted by atomic mass is 9.92. The molecule has 1 aliphatic carbocycles. The van der Waals surface area contributed by atoms with Crippen LogP contribution in [-0.4, -0.2) is 72.7 Å². The predicted octanol–water partition coefficient (Wildman–Crippen LogP) is 2.75. The Balaban J connectivity index is 1.41. The molecule has 1 N–H and O–H groups in total. The molecule has 1 heterocycles. The van der Waals surface area contributed by atoms with Crippen molar-refractivity contribution in [2.45, 2.75) is 51.4 Å². The van der Waals surface area contributed by atoms with Crippen LogP contribution in [0.15, 0.2) is 24.3 Å². The summed E-state index contributed by atoms with van der Waals surface area (Å²) in [5, 5.41) is 8.62. The standard InChI is InChI=1S/C21H30N2O6/c1-21(2,3)29-20(26)23-10-8-22(9-11-23)15-4-6-16(7-5-15)28-18-12-17(13-18)27-14-19(24)25/h4-7,17-18H,8-14H2,1-3H3,(H,24,25). The van der Waals surface area contributed by atoms with Gasteiger partial charge in [0.05, 0.1) is 6.10 Å². The van der Waals surface area contributed by atoms with E-state index in [-0.39, 0.29) is 24.9 Å². The molecule has 3 rings (SSSR count). The Morgan fingerprint density at radius 1 is 1.03 bits per heavy atom. The first kappa shape index (κ1) is 21.2. The Hall–Kier alpha value is -2.48. The van der Waals surface area contributed by atoms with Crippen LogP contribution in [0, 0.1) is 0 Å². The molecule has 0 atom stereocenters. The summed E-state index contributed by atoms with van der Waals surface area (Å²) in [6, 6.07) is 7.94. The third kappa shape index (κ3) is 6.25. The highest BCUT2D eigenvalue weighted by molar-refractivity contribution is 5.69. The van der Waals surface area contributed by atoms with Crippen LogP contribution >= 0.6 is 0 Å². The second-order valence-corrected chi connectivity index (χ2v) is 8.49. The Labute approximate surface area is 171 Å². The van der Waals surface area contributed by atoms with Gasteiger partial charge < -0.3 is 29.1 Å². The monoisotopic (exact) mass is 406 g/mol. The van der Waals surface area contributed by atoms with Gasteiger partial charge >= 0.3 is 12.1 Å². The molecule has 1 amide bonds. The summed E-state index contributed by atoms with van der Waals surface area (Å²) in [4.78, 5) is 26.7. The third-order valence-corrected chi connectivity index (χ3v) is 4.93. The molecule has 1 saturated carbocycles. The summed E-state index contributed by atoms with van der Waals surface area (Å²) in [5.74, 6) is -0.153. The summed E-state index contributed by atoms with van der Waals surface area (Å²) in [6.07, 6.45) is 1.20. The number of nitrogens with zero attached hydrogens (tertiary/aromatic N) is 2. The van der Waals surface area contributed by atoms with Crippen molar-refractivity contribution >= 4 is 17.7 Å². The first-order valence-corrected chi connectivity index (χ1v) is 10.0. The third-order valence-electron chi connectivity index (χ3n) is 4.93. The fourth-order valence-electron chi connectivity index (χ4n) is 3.34. The summed E-state index contributed by atoms with van der Waals surface area (Å²) < 4.78 is 16.6. The van der Waals surface area contributed by atoms with E-state index in [0.717, 1.165) is 24.5 Å². The van der Waals surface area contributed by atoms with Gasteiger partial charge in [0.25, 0.3) is 0 Å². The lowest BCUT2D eigenvalue weighted by Crippen LogP contribution is -2.50. The predicted molar refractivity (Wildman–Crippen MR) is 107 cm³/mol. The van der Waals surface area contributed by atoms with E-state index in [1.54, 1.807) is 4.90 Å². The Morgan fingerprint density at radius 2 is 1.66 bits per heavy atom. The first-order chi connectivity index (χ1) is 13.7. The molecule has 0 radical (unpaired) electrons. The van der Waals surface area contributed by atoms with E-state index >= 15 is 0 Å². The van der Waals surface area contributed by atoms with Crippen LogP contribution in [0.4, 0.5) is 10.5 Å². The van der Waals surface area contributed by atoms with Crippen LogP contribution in [0.25, 0.3) is 0 Å². The van der Waals surface area contributed by atoms with Gasteiger partial charge in [-0.25, -0.2) is 9.59 Å². The zero-order valence-corrected chi connectivity index (χ0v) is 17.3. The Bertz CT molecular complexity index is 701. The van der Waals surface area contributed by atoms with Crippen LogP contribution in [0.2, 0.25) is 0 Å². The van der Waals surface area contributed by atoms with Gasteiger partial charge in [-0.1, -0.05) is 0 Å². The molecule has 8 heteroatoms. The van der Waals surface area contributed by atoms with Crippen molar-refractivity contribution in [3.05, 3.63) is 24.3 Å². The van der Waals surface area contributed by atoms with Gasteiger partial charge in [0.1, 0.15) is 24.1 Å². The number of amides is 1. The lowest BCUT2D eigenvalue weighted by Gasteiger charge is -2.37. The number of carboxylic acid groups (broad SMARTS) is 1. The number of aliphatic carboxylic acids is 1. The van der Waals surface area contributed by atoms with Crippen LogP contribution < -0.4 is 9.64 Å².